The van der Waals surface area contributed by atoms with E-state index in [2.05, 4.69) is 53.1 Å². The first-order valence-electron chi connectivity index (χ1n) is 8.85. The Balaban J connectivity index is 1.51. The Morgan fingerprint density at radius 3 is 2.64 bits per heavy atom. The van der Waals surface area contributed by atoms with Gasteiger partial charge in [0.25, 0.3) is 5.91 Å². The summed E-state index contributed by atoms with van der Waals surface area (Å²) >= 11 is 0. The lowest BCUT2D eigenvalue weighted by atomic mass is 10.0. The summed E-state index contributed by atoms with van der Waals surface area (Å²) in [6, 6.07) is 4.59. The molecule has 1 atom stereocenters. The van der Waals surface area contributed by atoms with Crippen LogP contribution in [0.5, 0.6) is 0 Å². The number of nitrogens with zero attached hydrogens (tertiary/aromatic N) is 3. The van der Waals surface area contributed by atoms with Gasteiger partial charge in [0.05, 0.1) is 5.56 Å². The maximum Gasteiger partial charge on any atom is 0.254 e. The average molecular weight is 338 g/mol. The number of carbonyl (C=O) groups is 1. The lowest BCUT2D eigenvalue weighted by Crippen LogP contribution is -2.31. The van der Waals surface area contributed by atoms with Gasteiger partial charge in [-0.05, 0) is 61.9 Å². The van der Waals surface area contributed by atoms with Crippen LogP contribution in [-0.4, -0.2) is 40.4 Å². The molecule has 2 aromatic rings. The van der Waals surface area contributed by atoms with E-state index in [1.807, 2.05) is 0 Å². The molecule has 5 heteroatoms. The van der Waals surface area contributed by atoms with Crippen molar-refractivity contribution in [3.63, 3.8) is 0 Å². The quantitative estimate of drug-likeness (QED) is 0.910. The van der Waals surface area contributed by atoms with E-state index in [4.69, 9.17) is 0 Å². The van der Waals surface area contributed by atoms with Gasteiger partial charge in [-0.3, -0.25) is 9.69 Å². The number of hydrogen-bond acceptors (Lipinski definition) is 4. The van der Waals surface area contributed by atoms with Gasteiger partial charge in [0.15, 0.2) is 0 Å². The van der Waals surface area contributed by atoms with Crippen molar-refractivity contribution in [3.8, 4) is 0 Å². The number of nitrogens with one attached hydrogen (secondary N) is 1. The van der Waals surface area contributed by atoms with Crippen molar-refractivity contribution in [1.29, 1.82) is 0 Å². The van der Waals surface area contributed by atoms with Crippen LogP contribution in [0.2, 0.25) is 0 Å². The maximum absolute atomic E-state index is 12.1. The monoisotopic (exact) mass is 338 g/mol. The molecule has 1 aromatic carbocycles. The number of benzene rings is 1. The first-order valence-corrected chi connectivity index (χ1v) is 8.85. The van der Waals surface area contributed by atoms with Gasteiger partial charge in [-0.15, -0.1) is 0 Å². The van der Waals surface area contributed by atoms with E-state index in [9.17, 15) is 4.79 Å². The molecule has 0 spiro atoms. The van der Waals surface area contributed by atoms with Crippen LogP contribution in [0.4, 0.5) is 0 Å². The zero-order valence-electron chi connectivity index (χ0n) is 15.2. The van der Waals surface area contributed by atoms with Gasteiger partial charge in [0, 0.05) is 32.0 Å². The minimum Gasteiger partial charge on any atom is -0.352 e. The van der Waals surface area contributed by atoms with Crippen molar-refractivity contribution >= 4 is 5.91 Å². The van der Waals surface area contributed by atoms with E-state index in [1.54, 1.807) is 12.4 Å². The van der Waals surface area contributed by atoms with Crippen LogP contribution in [-0.2, 0) is 6.54 Å². The van der Waals surface area contributed by atoms with Gasteiger partial charge in [-0.25, -0.2) is 9.97 Å². The zero-order valence-corrected chi connectivity index (χ0v) is 15.2. The second-order valence-corrected chi connectivity index (χ2v) is 7.09. The molecule has 0 saturated carbocycles. The second-order valence-electron chi connectivity index (χ2n) is 7.09. The van der Waals surface area contributed by atoms with Crippen LogP contribution in [0.15, 0.2) is 30.9 Å². The van der Waals surface area contributed by atoms with Crippen molar-refractivity contribution in [2.75, 3.05) is 19.6 Å². The lowest BCUT2D eigenvalue weighted by molar-refractivity contribution is 0.0946. The normalized spacial score (nSPS) is 17.6. The molecule has 0 aliphatic carbocycles. The zero-order chi connectivity index (χ0) is 17.8. The fourth-order valence-corrected chi connectivity index (χ4v) is 3.41. The molecule has 1 amide bonds. The molecule has 0 radical (unpaired) electrons. The smallest absolute Gasteiger partial charge is 0.254 e. The average Bonchev–Trinajstić information content (AvgIpc) is 3.06. The van der Waals surface area contributed by atoms with Gasteiger partial charge in [-0.1, -0.05) is 12.1 Å². The fraction of sp³-hybridized carbons (Fsp3) is 0.450. The van der Waals surface area contributed by atoms with Gasteiger partial charge < -0.3 is 5.32 Å². The number of carbonyl (C=O) groups excluding carboxylic acids is 1. The van der Waals surface area contributed by atoms with Crippen molar-refractivity contribution < 1.29 is 4.79 Å². The third-order valence-corrected chi connectivity index (χ3v) is 5.09. The molecule has 132 valence electrons. The predicted molar refractivity (Wildman–Crippen MR) is 98.4 cm³/mol. The summed E-state index contributed by atoms with van der Waals surface area (Å²) in [5, 5.41) is 3.01. The lowest BCUT2D eigenvalue weighted by Gasteiger charge is -2.19. The summed E-state index contributed by atoms with van der Waals surface area (Å²) in [7, 11) is 0. The molecule has 0 bridgehead atoms. The summed E-state index contributed by atoms with van der Waals surface area (Å²) < 4.78 is 0. The predicted octanol–water partition coefficient (Wildman–Crippen LogP) is 2.65. The van der Waals surface area contributed by atoms with Gasteiger partial charge in [-0.2, -0.15) is 0 Å². The highest BCUT2D eigenvalue weighted by molar-refractivity contribution is 5.93. The molecule has 1 saturated heterocycles. The number of rotatable bonds is 5. The Labute approximate surface area is 149 Å². The van der Waals surface area contributed by atoms with Gasteiger partial charge in [0.1, 0.15) is 6.33 Å². The molecular formula is C20H26N4O. The molecule has 1 aliphatic rings. The van der Waals surface area contributed by atoms with Crippen LogP contribution in [0.25, 0.3) is 0 Å². The molecule has 25 heavy (non-hydrogen) atoms. The molecule has 1 aromatic heterocycles. The van der Waals surface area contributed by atoms with E-state index in [0.717, 1.165) is 26.1 Å². The number of likely N-dealkylation sites (tertiary alicyclic amines) is 1. The summed E-state index contributed by atoms with van der Waals surface area (Å²) in [5.74, 6) is 0.407. The summed E-state index contributed by atoms with van der Waals surface area (Å²) in [6.45, 7) is 10.3. The van der Waals surface area contributed by atoms with E-state index in [0.29, 0.717) is 18.0 Å². The van der Waals surface area contributed by atoms with E-state index in [-0.39, 0.29) is 5.91 Å². The Morgan fingerprint density at radius 1 is 1.16 bits per heavy atom. The first-order chi connectivity index (χ1) is 12.0. The minimum absolute atomic E-state index is 0.0935. The Bertz CT molecular complexity index is 745. The molecule has 5 nitrogen and oxygen atoms in total. The van der Waals surface area contributed by atoms with Crippen LogP contribution in [0, 0.1) is 26.7 Å². The third-order valence-electron chi connectivity index (χ3n) is 5.09. The second kappa shape index (κ2) is 7.74. The molecule has 3 rings (SSSR count). The Kier molecular flexibility index (Phi) is 5.43. The van der Waals surface area contributed by atoms with Crippen LogP contribution >= 0.6 is 0 Å². The molecule has 2 heterocycles. The standard InChI is InChI=1S/C20H26N4O/c1-14-6-16(3)18(7-15(14)2)12-24-5-4-17(11-24)8-23-20(25)19-9-21-13-22-10-19/h6-7,9-10,13,17H,4-5,8,11-12H2,1-3H3,(H,23,25). The first kappa shape index (κ1) is 17.5. The third kappa shape index (κ3) is 4.42. The Morgan fingerprint density at radius 2 is 1.88 bits per heavy atom. The molecule has 1 N–H and O–H groups in total. The maximum atomic E-state index is 12.1. The van der Waals surface area contributed by atoms with E-state index < -0.39 is 0 Å². The van der Waals surface area contributed by atoms with Crippen LogP contribution < -0.4 is 5.32 Å². The largest absolute Gasteiger partial charge is 0.352 e. The number of aryl methyl sites for hydroxylation is 3. The van der Waals surface area contributed by atoms with E-state index >= 15 is 0 Å². The van der Waals surface area contributed by atoms with Crippen LogP contribution in [0.3, 0.4) is 0 Å². The van der Waals surface area contributed by atoms with Crippen molar-refractivity contribution in [2.24, 2.45) is 5.92 Å². The number of aromatic nitrogens is 2. The molecule has 1 unspecified atom stereocenters. The Hall–Kier alpha value is -2.27. The molecule has 1 fully saturated rings. The molecule has 1 aliphatic heterocycles. The van der Waals surface area contributed by atoms with Gasteiger partial charge >= 0.3 is 0 Å². The van der Waals surface area contributed by atoms with Crippen molar-refractivity contribution in [2.45, 2.75) is 33.7 Å². The summed E-state index contributed by atoms with van der Waals surface area (Å²) in [4.78, 5) is 22.3. The fourth-order valence-electron chi connectivity index (χ4n) is 3.41. The SMILES string of the molecule is Cc1cc(C)c(CN2CCC(CNC(=O)c3cncnc3)C2)cc1C. The van der Waals surface area contributed by atoms with E-state index in [1.165, 1.54) is 28.6 Å². The number of amides is 1. The molecular weight excluding hydrogens is 312 g/mol. The minimum atomic E-state index is -0.0935. The highest BCUT2D eigenvalue weighted by Gasteiger charge is 2.23. The van der Waals surface area contributed by atoms with Gasteiger partial charge in [0.2, 0.25) is 0 Å². The topological polar surface area (TPSA) is 58.1 Å². The number of hydrogen-bond donors (Lipinski definition) is 1. The summed E-state index contributed by atoms with van der Waals surface area (Å²) in [6.07, 6.45) is 5.65. The van der Waals surface area contributed by atoms with Crippen LogP contribution in [0.1, 0.15) is 39.0 Å². The highest BCUT2D eigenvalue weighted by Crippen LogP contribution is 2.22. The summed E-state index contributed by atoms with van der Waals surface area (Å²) in [5.41, 5.74) is 6.00. The van der Waals surface area contributed by atoms with Crippen molar-refractivity contribution in [3.05, 3.63) is 58.7 Å². The highest BCUT2D eigenvalue weighted by atomic mass is 16.1. The van der Waals surface area contributed by atoms with Crippen molar-refractivity contribution in [1.82, 2.24) is 20.2 Å².